The molecule has 5 heteroatoms. The maximum absolute atomic E-state index is 11.5. The minimum Gasteiger partial charge on any atom is -0.338 e. The zero-order chi connectivity index (χ0) is 12.9. The molecular weight excluding hydrogens is 216 g/mol. The number of H-pyrrole nitrogens is 1. The highest BCUT2D eigenvalue weighted by Crippen LogP contribution is 2.21. The summed E-state index contributed by atoms with van der Waals surface area (Å²) >= 11 is 0. The first-order chi connectivity index (χ1) is 7.93. The number of carbonyl (C=O) groups is 1. The van der Waals surface area contributed by atoms with Crippen LogP contribution in [0.25, 0.3) is 0 Å². The molecule has 0 radical (unpaired) electrons. The molecular formula is C12H22N4O. The summed E-state index contributed by atoms with van der Waals surface area (Å²) < 4.78 is 0. The molecule has 0 atom stereocenters. The Bertz CT molecular complexity index is 365. The number of anilines is 1. The molecule has 0 bridgehead atoms. The van der Waals surface area contributed by atoms with E-state index < -0.39 is 0 Å². The second-order valence-corrected chi connectivity index (χ2v) is 5.15. The van der Waals surface area contributed by atoms with Gasteiger partial charge in [0.15, 0.2) is 5.82 Å². The Morgan fingerprint density at radius 2 is 2.18 bits per heavy atom. The van der Waals surface area contributed by atoms with Gasteiger partial charge < -0.3 is 5.32 Å². The lowest BCUT2D eigenvalue weighted by Gasteiger charge is -2.14. The minimum absolute atomic E-state index is 0.00557. The summed E-state index contributed by atoms with van der Waals surface area (Å²) in [6.45, 7) is 9.05. The topological polar surface area (TPSA) is 69.8 Å². The molecule has 1 aromatic heterocycles. The third-order valence-corrected chi connectivity index (χ3v) is 2.44. The number of aromatic nitrogens is 2. The monoisotopic (exact) mass is 238 g/mol. The molecule has 0 saturated heterocycles. The third-order valence-electron chi connectivity index (χ3n) is 2.44. The molecule has 0 fully saturated rings. The molecule has 0 aliphatic heterocycles. The van der Waals surface area contributed by atoms with Crippen molar-refractivity contribution in [3.05, 3.63) is 11.8 Å². The molecule has 1 rings (SSSR count). The van der Waals surface area contributed by atoms with Gasteiger partial charge in [0.05, 0.1) is 0 Å². The van der Waals surface area contributed by atoms with E-state index in [-0.39, 0.29) is 11.4 Å². The van der Waals surface area contributed by atoms with Crippen molar-refractivity contribution >= 4 is 11.8 Å². The SMILES string of the molecule is CCCCNC(=O)Nc1cc(C(C)(C)C)[nH]n1. The molecule has 0 aliphatic carbocycles. The molecule has 0 unspecified atom stereocenters. The Labute approximate surface area is 102 Å². The number of unbranched alkanes of at least 4 members (excludes halogenated alkanes) is 1. The van der Waals surface area contributed by atoms with Crippen molar-refractivity contribution in [2.45, 2.75) is 46.0 Å². The lowest BCUT2D eigenvalue weighted by atomic mass is 9.92. The summed E-state index contributed by atoms with van der Waals surface area (Å²) in [6, 6.07) is 1.66. The third kappa shape index (κ3) is 4.46. The Morgan fingerprint density at radius 3 is 2.71 bits per heavy atom. The van der Waals surface area contributed by atoms with Gasteiger partial charge in [-0.25, -0.2) is 4.79 Å². The maximum Gasteiger partial charge on any atom is 0.320 e. The summed E-state index contributed by atoms with van der Waals surface area (Å²) in [4.78, 5) is 11.5. The van der Waals surface area contributed by atoms with Gasteiger partial charge in [0.25, 0.3) is 0 Å². The Hall–Kier alpha value is -1.52. The van der Waals surface area contributed by atoms with Crippen molar-refractivity contribution in [3.63, 3.8) is 0 Å². The van der Waals surface area contributed by atoms with E-state index in [9.17, 15) is 4.79 Å². The summed E-state index contributed by atoms with van der Waals surface area (Å²) in [7, 11) is 0. The van der Waals surface area contributed by atoms with Crippen molar-refractivity contribution in [2.75, 3.05) is 11.9 Å². The fourth-order valence-electron chi connectivity index (χ4n) is 1.31. The number of amides is 2. The predicted molar refractivity (Wildman–Crippen MR) is 69.2 cm³/mol. The van der Waals surface area contributed by atoms with E-state index in [2.05, 4.69) is 48.5 Å². The van der Waals surface area contributed by atoms with Gasteiger partial charge in [0, 0.05) is 23.7 Å². The molecule has 2 amide bonds. The van der Waals surface area contributed by atoms with Crippen LogP contribution in [-0.4, -0.2) is 22.8 Å². The number of carbonyl (C=O) groups excluding carboxylic acids is 1. The highest BCUT2D eigenvalue weighted by atomic mass is 16.2. The average molecular weight is 238 g/mol. The highest BCUT2D eigenvalue weighted by molar-refractivity contribution is 5.88. The fourth-order valence-corrected chi connectivity index (χ4v) is 1.31. The van der Waals surface area contributed by atoms with Crippen LogP contribution < -0.4 is 10.6 Å². The fraction of sp³-hybridized carbons (Fsp3) is 0.667. The lowest BCUT2D eigenvalue weighted by Crippen LogP contribution is -2.29. The van der Waals surface area contributed by atoms with E-state index in [0.717, 1.165) is 18.5 Å². The largest absolute Gasteiger partial charge is 0.338 e. The van der Waals surface area contributed by atoms with Crippen LogP contribution in [-0.2, 0) is 5.41 Å². The van der Waals surface area contributed by atoms with E-state index in [1.54, 1.807) is 0 Å². The van der Waals surface area contributed by atoms with Crippen LogP contribution in [0.15, 0.2) is 6.07 Å². The van der Waals surface area contributed by atoms with Crippen LogP contribution >= 0.6 is 0 Å². The van der Waals surface area contributed by atoms with Gasteiger partial charge in [-0.15, -0.1) is 0 Å². The van der Waals surface area contributed by atoms with Crippen LogP contribution in [0.1, 0.15) is 46.2 Å². The summed E-state index contributed by atoms with van der Waals surface area (Å²) in [5.41, 5.74) is 1.01. The standard InChI is InChI=1S/C12H22N4O/c1-5-6-7-13-11(17)14-10-8-9(15-16-10)12(2,3)4/h8H,5-7H2,1-4H3,(H3,13,14,15,16,17). The number of hydrogen-bond donors (Lipinski definition) is 3. The number of hydrogen-bond acceptors (Lipinski definition) is 2. The van der Waals surface area contributed by atoms with Crippen molar-refractivity contribution in [3.8, 4) is 0 Å². The molecule has 1 aromatic rings. The van der Waals surface area contributed by atoms with Crippen LogP contribution in [0.3, 0.4) is 0 Å². The highest BCUT2D eigenvalue weighted by Gasteiger charge is 2.17. The van der Waals surface area contributed by atoms with Gasteiger partial charge in [0.2, 0.25) is 0 Å². The van der Waals surface area contributed by atoms with Gasteiger partial charge in [-0.3, -0.25) is 10.4 Å². The smallest absolute Gasteiger partial charge is 0.320 e. The predicted octanol–water partition coefficient (Wildman–Crippen LogP) is 2.63. The van der Waals surface area contributed by atoms with Crippen LogP contribution in [0, 0.1) is 0 Å². The number of aromatic amines is 1. The Kier molecular flexibility index (Phi) is 4.54. The van der Waals surface area contributed by atoms with Crippen LogP contribution in [0.5, 0.6) is 0 Å². The Morgan fingerprint density at radius 1 is 1.47 bits per heavy atom. The molecule has 3 N–H and O–H groups in total. The molecule has 0 saturated carbocycles. The zero-order valence-corrected chi connectivity index (χ0v) is 11.1. The Balaban J connectivity index is 2.46. The number of rotatable bonds is 4. The first kappa shape index (κ1) is 13.5. The summed E-state index contributed by atoms with van der Waals surface area (Å²) in [5, 5.41) is 12.5. The molecule has 0 aliphatic rings. The summed E-state index contributed by atoms with van der Waals surface area (Å²) in [6.07, 6.45) is 2.05. The van der Waals surface area contributed by atoms with E-state index in [4.69, 9.17) is 0 Å². The number of nitrogens with zero attached hydrogens (tertiary/aromatic N) is 1. The first-order valence-electron chi connectivity index (χ1n) is 6.04. The van der Waals surface area contributed by atoms with E-state index in [1.807, 2.05) is 6.07 Å². The van der Waals surface area contributed by atoms with E-state index in [1.165, 1.54) is 0 Å². The maximum atomic E-state index is 11.5. The first-order valence-corrected chi connectivity index (χ1v) is 6.04. The van der Waals surface area contributed by atoms with Crippen LogP contribution in [0.2, 0.25) is 0 Å². The number of nitrogens with one attached hydrogen (secondary N) is 3. The quantitative estimate of drug-likeness (QED) is 0.706. The molecule has 17 heavy (non-hydrogen) atoms. The zero-order valence-electron chi connectivity index (χ0n) is 11.1. The molecule has 96 valence electrons. The van der Waals surface area contributed by atoms with Gasteiger partial charge in [-0.2, -0.15) is 5.10 Å². The van der Waals surface area contributed by atoms with Gasteiger partial charge in [-0.05, 0) is 6.42 Å². The van der Waals surface area contributed by atoms with Crippen LogP contribution in [0.4, 0.5) is 10.6 Å². The number of urea groups is 1. The molecule has 1 heterocycles. The second kappa shape index (κ2) is 5.70. The second-order valence-electron chi connectivity index (χ2n) is 5.15. The van der Waals surface area contributed by atoms with Crippen molar-refractivity contribution < 1.29 is 4.79 Å². The average Bonchev–Trinajstić information content (AvgIpc) is 2.66. The normalized spacial score (nSPS) is 11.3. The van der Waals surface area contributed by atoms with Gasteiger partial charge >= 0.3 is 6.03 Å². The minimum atomic E-state index is -0.203. The molecule has 0 aromatic carbocycles. The summed E-state index contributed by atoms with van der Waals surface area (Å²) in [5.74, 6) is 0.559. The van der Waals surface area contributed by atoms with E-state index in [0.29, 0.717) is 12.4 Å². The van der Waals surface area contributed by atoms with Gasteiger partial charge in [0.1, 0.15) is 0 Å². The van der Waals surface area contributed by atoms with Crippen molar-refractivity contribution in [2.24, 2.45) is 0 Å². The van der Waals surface area contributed by atoms with Crippen molar-refractivity contribution in [1.29, 1.82) is 0 Å². The molecule has 5 nitrogen and oxygen atoms in total. The van der Waals surface area contributed by atoms with Gasteiger partial charge in [-0.1, -0.05) is 34.1 Å². The van der Waals surface area contributed by atoms with E-state index >= 15 is 0 Å². The molecule has 0 spiro atoms. The lowest BCUT2D eigenvalue weighted by molar-refractivity contribution is 0.252. The van der Waals surface area contributed by atoms with Crippen molar-refractivity contribution in [1.82, 2.24) is 15.5 Å².